The van der Waals surface area contributed by atoms with Gasteiger partial charge in [0.25, 0.3) is 0 Å². The van der Waals surface area contributed by atoms with Gasteiger partial charge in [-0.2, -0.15) is 0 Å². The Morgan fingerprint density at radius 2 is 1.07 bits per heavy atom. The van der Waals surface area contributed by atoms with Crippen LogP contribution in [0.4, 0.5) is 0 Å². The van der Waals surface area contributed by atoms with Crippen LogP contribution in [0.3, 0.4) is 0 Å². The molecule has 3 rings (SSSR count). The van der Waals surface area contributed by atoms with E-state index in [2.05, 4.69) is 19.9 Å². The Balaban J connectivity index is 2.29. The zero-order valence-electron chi connectivity index (χ0n) is 7.51. The SMILES string of the molecule is c1cnc2c(n1)CCc1nccnc1-2. The van der Waals surface area contributed by atoms with Crippen LogP contribution in [-0.2, 0) is 12.8 Å². The maximum absolute atomic E-state index is 4.30. The van der Waals surface area contributed by atoms with E-state index in [0.717, 1.165) is 35.6 Å². The molecule has 0 saturated heterocycles. The van der Waals surface area contributed by atoms with Gasteiger partial charge in [-0.05, 0) is 12.8 Å². The molecule has 0 bridgehead atoms. The van der Waals surface area contributed by atoms with Crippen molar-refractivity contribution >= 4 is 0 Å². The molecule has 4 nitrogen and oxygen atoms in total. The lowest BCUT2D eigenvalue weighted by atomic mass is 10.0. The van der Waals surface area contributed by atoms with E-state index in [1.165, 1.54) is 0 Å². The van der Waals surface area contributed by atoms with Gasteiger partial charge in [-0.25, -0.2) is 0 Å². The van der Waals surface area contributed by atoms with Crippen LogP contribution >= 0.6 is 0 Å². The highest BCUT2D eigenvalue weighted by Crippen LogP contribution is 2.26. The van der Waals surface area contributed by atoms with Gasteiger partial charge in [-0.15, -0.1) is 0 Å². The van der Waals surface area contributed by atoms with Crippen LogP contribution in [0.5, 0.6) is 0 Å². The fourth-order valence-electron chi connectivity index (χ4n) is 1.73. The first-order valence-electron chi connectivity index (χ1n) is 4.55. The maximum Gasteiger partial charge on any atom is 0.112 e. The van der Waals surface area contributed by atoms with Gasteiger partial charge in [0.1, 0.15) is 11.4 Å². The monoisotopic (exact) mass is 184 g/mol. The average Bonchev–Trinajstić information content (AvgIpc) is 2.29. The summed E-state index contributed by atoms with van der Waals surface area (Å²) in [7, 11) is 0. The minimum atomic E-state index is 0.891. The standard InChI is InChI=1S/C10H8N4/c1-2-8-10(14-6-4-12-8)9-7(1)11-3-5-13-9/h3-6H,1-2H2. The normalized spacial score (nSPS) is 13.1. The smallest absolute Gasteiger partial charge is 0.112 e. The number of aryl methyl sites for hydroxylation is 2. The number of nitrogens with zero attached hydrogens (tertiary/aromatic N) is 4. The summed E-state index contributed by atoms with van der Waals surface area (Å²) in [5.41, 5.74) is 3.84. The first-order chi connectivity index (χ1) is 6.95. The molecule has 0 aromatic carbocycles. The number of rotatable bonds is 0. The molecule has 2 aromatic rings. The summed E-state index contributed by atoms with van der Waals surface area (Å²) < 4.78 is 0. The van der Waals surface area contributed by atoms with Crippen molar-refractivity contribution < 1.29 is 0 Å². The van der Waals surface area contributed by atoms with Gasteiger partial charge in [-0.1, -0.05) is 0 Å². The molecule has 0 N–H and O–H groups in total. The van der Waals surface area contributed by atoms with Crippen molar-refractivity contribution in [2.24, 2.45) is 0 Å². The molecule has 2 heterocycles. The molecule has 0 unspecified atom stereocenters. The molecule has 2 aromatic heterocycles. The second kappa shape index (κ2) is 2.83. The highest BCUT2D eigenvalue weighted by molar-refractivity contribution is 5.61. The minimum Gasteiger partial charge on any atom is -0.257 e. The van der Waals surface area contributed by atoms with Gasteiger partial charge in [-0.3, -0.25) is 19.9 Å². The summed E-state index contributed by atoms with van der Waals surface area (Å²) in [6.45, 7) is 0. The molecule has 0 spiro atoms. The van der Waals surface area contributed by atoms with Crippen LogP contribution in [0, 0.1) is 0 Å². The Hall–Kier alpha value is -1.84. The lowest BCUT2D eigenvalue weighted by Crippen LogP contribution is -2.10. The maximum atomic E-state index is 4.30. The predicted octanol–water partition coefficient (Wildman–Crippen LogP) is 1.03. The third kappa shape index (κ3) is 1.00. The van der Waals surface area contributed by atoms with Crippen LogP contribution in [0.15, 0.2) is 24.8 Å². The number of fused-ring (bicyclic) bond motifs is 3. The number of aromatic nitrogens is 4. The molecule has 0 amide bonds. The lowest BCUT2D eigenvalue weighted by Gasteiger charge is -2.14. The number of hydrogen-bond donors (Lipinski definition) is 0. The van der Waals surface area contributed by atoms with Crippen molar-refractivity contribution in [1.82, 2.24) is 19.9 Å². The van der Waals surface area contributed by atoms with Gasteiger partial charge in [0, 0.05) is 24.8 Å². The quantitative estimate of drug-likeness (QED) is 0.613. The molecule has 1 aliphatic rings. The molecule has 14 heavy (non-hydrogen) atoms. The van der Waals surface area contributed by atoms with Crippen LogP contribution in [-0.4, -0.2) is 19.9 Å². The third-order valence-electron chi connectivity index (χ3n) is 2.37. The molecular weight excluding hydrogens is 176 g/mol. The molecule has 68 valence electrons. The Morgan fingerprint density at radius 1 is 0.643 bits per heavy atom. The molecular formula is C10H8N4. The zero-order chi connectivity index (χ0) is 9.38. The van der Waals surface area contributed by atoms with Crippen LogP contribution < -0.4 is 0 Å². The highest BCUT2D eigenvalue weighted by atomic mass is 14.9. The molecule has 0 atom stereocenters. The van der Waals surface area contributed by atoms with Crippen molar-refractivity contribution in [3.05, 3.63) is 36.2 Å². The van der Waals surface area contributed by atoms with Crippen LogP contribution in [0.25, 0.3) is 11.4 Å². The predicted molar refractivity (Wildman–Crippen MR) is 50.5 cm³/mol. The zero-order valence-corrected chi connectivity index (χ0v) is 7.51. The fourth-order valence-corrected chi connectivity index (χ4v) is 1.73. The highest BCUT2D eigenvalue weighted by Gasteiger charge is 2.19. The minimum absolute atomic E-state index is 0.891. The fraction of sp³-hybridized carbons (Fsp3) is 0.200. The first-order valence-corrected chi connectivity index (χ1v) is 4.55. The Bertz CT molecular complexity index is 436. The van der Waals surface area contributed by atoms with E-state index in [0.29, 0.717) is 0 Å². The van der Waals surface area contributed by atoms with Crippen molar-refractivity contribution in [2.75, 3.05) is 0 Å². The summed E-state index contributed by atoms with van der Waals surface area (Å²) >= 11 is 0. The van der Waals surface area contributed by atoms with E-state index in [9.17, 15) is 0 Å². The van der Waals surface area contributed by atoms with E-state index in [1.54, 1.807) is 24.8 Å². The second-order valence-corrected chi connectivity index (χ2v) is 3.20. The lowest BCUT2D eigenvalue weighted by molar-refractivity contribution is 0.833. The Labute approximate surface area is 81.1 Å². The van der Waals surface area contributed by atoms with E-state index in [1.807, 2.05) is 0 Å². The summed E-state index contributed by atoms with van der Waals surface area (Å²) in [6, 6.07) is 0. The molecule has 0 aliphatic heterocycles. The van der Waals surface area contributed by atoms with E-state index >= 15 is 0 Å². The van der Waals surface area contributed by atoms with Gasteiger partial charge in [0.2, 0.25) is 0 Å². The van der Waals surface area contributed by atoms with E-state index in [4.69, 9.17) is 0 Å². The summed E-state index contributed by atoms with van der Waals surface area (Å²) in [5.74, 6) is 0. The molecule has 1 aliphatic carbocycles. The first kappa shape index (κ1) is 7.55. The van der Waals surface area contributed by atoms with Crippen LogP contribution in [0.1, 0.15) is 11.4 Å². The van der Waals surface area contributed by atoms with Gasteiger partial charge in [0.15, 0.2) is 0 Å². The van der Waals surface area contributed by atoms with Gasteiger partial charge in [0.05, 0.1) is 11.4 Å². The Morgan fingerprint density at radius 3 is 1.57 bits per heavy atom. The summed E-state index contributed by atoms with van der Waals surface area (Å²) in [4.78, 5) is 17.2. The van der Waals surface area contributed by atoms with E-state index < -0.39 is 0 Å². The second-order valence-electron chi connectivity index (χ2n) is 3.20. The van der Waals surface area contributed by atoms with Crippen molar-refractivity contribution in [3.8, 4) is 11.4 Å². The molecule has 0 fully saturated rings. The average molecular weight is 184 g/mol. The number of hydrogen-bond acceptors (Lipinski definition) is 4. The topological polar surface area (TPSA) is 51.6 Å². The van der Waals surface area contributed by atoms with Crippen molar-refractivity contribution in [3.63, 3.8) is 0 Å². The Kier molecular flexibility index (Phi) is 1.53. The van der Waals surface area contributed by atoms with Gasteiger partial charge >= 0.3 is 0 Å². The molecule has 0 saturated carbocycles. The largest absolute Gasteiger partial charge is 0.257 e. The molecule has 0 radical (unpaired) electrons. The third-order valence-corrected chi connectivity index (χ3v) is 2.37. The van der Waals surface area contributed by atoms with Gasteiger partial charge < -0.3 is 0 Å². The van der Waals surface area contributed by atoms with E-state index in [-0.39, 0.29) is 0 Å². The molecule has 4 heteroatoms. The summed E-state index contributed by atoms with van der Waals surface area (Å²) in [6.07, 6.45) is 8.66. The van der Waals surface area contributed by atoms with Crippen molar-refractivity contribution in [1.29, 1.82) is 0 Å². The summed E-state index contributed by atoms with van der Waals surface area (Å²) in [5, 5.41) is 0. The van der Waals surface area contributed by atoms with Crippen molar-refractivity contribution in [2.45, 2.75) is 12.8 Å². The van der Waals surface area contributed by atoms with Crippen LogP contribution in [0.2, 0.25) is 0 Å².